The lowest BCUT2D eigenvalue weighted by Gasteiger charge is -2.07. The molecule has 2 amide bonds. The summed E-state index contributed by atoms with van der Waals surface area (Å²) in [6, 6.07) is 13.6. The number of hydrazine groups is 1. The molecule has 0 saturated heterocycles. The van der Waals surface area contributed by atoms with E-state index in [0.717, 1.165) is 5.56 Å². The normalized spacial score (nSPS) is 9.95. The predicted octanol–water partition coefficient (Wildman–Crippen LogP) is 1.05. The van der Waals surface area contributed by atoms with E-state index in [1.165, 1.54) is 0 Å². The Morgan fingerprint density at radius 2 is 1.57 bits per heavy atom. The zero-order valence-electron chi connectivity index (χ0n) is 11.3. The Bertz CT molecular complexity index is 636. The Kier molecular flexibility index (Phi) is 4.53. The molecule has 0 spiro atoms. The molecule has 2 aromatic carbocycles. The van der Waals surface area contributed by atoms with E-state index in [1.807, 2.05) is 0 Å². The second-order valence-electron chi connectivity index (χ2n) is 4.52. The van der Waals surface area contributed by atoms with Crippen LogP contribution in [0.25, 0.3) is 0 Å². The number of amides is 2. The summed E-state index contributed by atoms with van der Waals surface area (Å²) in [5.74, 6) is 4.54. The van der Waals surface area contributed by atoms with Crippen LogP contribution >= 0.6 is 0 Å². The maximum Gasteiger partial charge on any atom is 0.255 e. The van der Waals surface area contributed by atoms with Crippen molar-refractivity contribution in [2.45, 2.75) is 6.42 Å². The van der Waals surface area contributed by atoms with Gasteiger partial charge in [0.2, 0.25) is 5.91 Å². The first-order valence-corrected chi connectivity index (χ1v) is 6.34. The van der Waals surface area contributed by atoms with Crippen molar-refractivity contribution in [3.63, 3.8) is 0 Å². The van der Waals surface area contributed by atoms with Crippen molar-refractivity contribution in [3.05, 3.63) is 59.7 Å². The second kappa shape index (κ2) is 6.53. The van der Waals surface area contributed by atoms with Crippen molar-refractivity contribution in [1.29, 1.82) is 0 Å². The van der Waals surface area contributed by atoms with Crippen molar-refractivity contribution in [1.82, 2.24) is 5.43 Å². The van der Waals surface area contributed by atoms with Crippen molar-refractivity contribution >= 4 is 23.2 Å². The average molecular weight is 284 g/mol. The number of benzene rings is 2. The summed E-state index contributed by atoms with van der Waals surface area (Å²) in [5, 5.41) is 2.77. The van der Waals surface area contributed by atoms with Gasteiger partial charge in [0.25, 0.3) is 5.91 Å². The molecule has 0 aromatic heterocycles. The maximum absolute atomic E-state index is 12.0. The van der Waals surface area contributed by atoms with Gasteiger partial charge in [-0.15, -0.1) is 0 Å². The van der Waals surface area contributed by atoms with E-state index in [-0.39, 0.29) is 18.2 Å². The van der Waals surface area contributed by atoms with Crippen molar-refractivity contribution < 1.29 is 9.59 Å². The summed E-state index contributed by atoms with van der Waals surface area (Å²) >= 11 is 0. The Morgan fingerprint density at radius 1 is 0.952 bits per heavy atom. The third-order valence-electron chi connectivity index (χ3n) is 2.91. The molecule has 2 aromatic rings. The van der Waals surface area contributed by atoms with Gasteiger partial charge in [-0.1, -0.05) is 12.1 Å². The fourth-order valence-electron chi connectivity index (χ4n) is 1.78. The molecule has 0 radical (unpaired) electrons. The molecule has 0 aliphatic carbocycles. The quantitative estimate of drug-likeness (QED) is 0.291. The van der Waals surface area contributed by atoms with E-state index in [1.54, 1.807) is 48.5 Å². The highest BCUT2D eigenvalue weighted by Gasteiger charge is 2.06. The molecule has 2 rings (SSSR count). The number of anilines is 2. The molecule has 0 aliphatic heterocycles. The van der Waals surface area contributed by atoms with Gasteiger partial charge in [0.1, 0.15) is 0 Å². The summed E-state index contributed by atoms with van der Waals surface area (Å²) < 4.78 is 0. The Labute approximate surface area is 122 Å². The Balaban J connectivity index is 2.01. The topological polar surface area (TPSA) is 110 Å². The molecule has 0 bridgehead atoms. The lowest BCUT2D eigenvalue weighted by Crippen LogP contribution is -2.31. The van der Waals surface area contributed by atoms with Gasteiger partial charge < -0.3 is 11.1 Å². The molecule has 0 heterocycles. The first kappa shape index (κ1) is 14.5. The lowest BCUT2D eigenvalue weighted by molar-refractivity contribution is -0.120. The first-order valence-electron chi connectivity index (χ1n) is 6.34. The number of rotatable bonds is 4. The molecule has 0 aliphatic rings. The van der Waals surface area contributed by atoms with Crippen molar-refractivity contribution in [2.75, 3.05) is 11.1 Å². The molecule has 6 nitrogen and oxygen atoms in total. The summed E-state index contributed by atoms with van der Waals surface area (Å²) in [7, 11) is 0. The summed E-state index contributed by atoms with van der Waals surface area (Å²) in [4.78, 5) is 23.1. The van der Waals surface area contributed by atoms with Crippen LogP contribution in [-0.4, -0.2) is 11.8 Å². The minimum Gasteiger partial charge on any atom is -0.399 e. The highest BCUT2D eigenvalue weighted by Crippen LogP contribution is 2.13. The van der Waals surface area contributed by atoms with E-state index in [2.05, 4.69) is 10.7 Å². The van der Waals surface area contributed by atoms with Gasteiger partial charge in [-0.3, -0.25) is 15.0 Å². The predicted molar refractivity (Wildman–Crippen MR) is 81.3 cm³/mol. The first-order chi connectivity index (χ1) is 10.1. The highest BCUT2D eigenvalue weighted by molar-refractivity contribution is 6.04. The second-order valence-corrected chi connectivity index (χ2v) is 4.52. The number of nitrogen functional groups attached to an aromatic ring is 1. The van der Waals surface area contributed by atoms with Crippen molar-refractivity contribution in [3.8, 4) is 0 Å². The van der Waals surface area contributed by atoms with Gasteiger partial charge in [0, 0.05) is 16.9 Å². The molecular weight excluding hydrogens is 268 g/mol. The third-order valence-corrected chi connectivity index (χ3v) is 2.91. The number of hydrogen-bond acceptors (Lipinski definition) is 4. The summed E-state index contributed by atoms with van der Waals surface area (Å²) in [5.41, 5.74) is 10.2. The van der Waals surface area contributed by atoms with Crippen LogP contribution in [0.15, 0.2) is 48.5 Å². The van der Waals surface area contributed by atoms with Gasteiger partial charge in [0.15, 0.2) is 0 Å². The monoisotopic (exact) mass is 284 g/mol. The Hall–Kier alpha value is -2.86. The van der Waals surface area contributed by atoms with Crippen LogP contribution in [-0.2, 0) is 11.2 Å². The standard InChI is InChI=1S/C15H16N4O2/c16-12-5-3-11(4-6-12)15(21)18-13-7-1-10(2-8-13)9-14(20)19-17/h1-8H,9,16-17H2,(H,18,21)(H,19,20). The van der Waals surface area contributed by atoms with Crippen LogP contribution in [0.1, 0.15) is 15.9 Å². The van der Waals surface area contributed by atoms with E-state index in [4.69, 9.17) is 11.6 Å². The van der Waals surface area contributed by atoms with E-state index < -0.39 is 0 Å². The highest BCUT2D eigenvalue weighted by atomic mass is 16.2. The van der Waals surface area contributed by atoms with Crippen LogP contribution in [0.2, 0.25) is 0 Å². The number of hydrogen-bond donors (Lipinski definition) is 4. The molecule has 0 unspecified atom stereocenters. The molecule has 0 fully saturated rings. The van der Waals surface area contributed by atoms with Crippen LogP contribution in [0.4, 0.5) is 11.4 Å². The zero-order chi connectivity index (χ0) is 15.2. The average Bonchev–Trinajstić information content (AvgIpc) is 2.49. The molecule has 0 saturated carbocycles. The van der Waals surface area contributed by atoms with Crippen LogP contribution in [0.3, 0.4) is 0 Å². The minimum atomic E-state index is -0.270. The third kappa shape index (κ3) is 4.05. The van der Waals surface area contributed by atoms with Crippen LogP contribution in [0.5, 0.6) is 0 Å². The minimum absolute atomic E-state index is 0.197. The molecule has 6 heteroatoms. The molecule has 6 N–H and O–H groups in total. The van der Waals surface area contributed by atoms with E-state index in [0.29, 0.717) is 16.9 Å². The number of carbonyl (C=O) groups is 2. The SMILES string of the molecule is NNC(=O)Cc1ccc(NC(=O)c2ccc(N)cc2)cc1. The molecule has 108 valence electrons. The van der Waals surface area contributed by atoms with E-state index >= 15 is 0 Å². The molecule has 0 atom stereocenters. The van der Waals surface area contributed by atoms with E-state index in [9.17, 15) is 9.59 Å². The Morgan fingerprint density at radius 3 is 2.14 bits per heavy atom. The molecule has 21 heavy (non-hydrogen) atoms. The maximum atomic E-state index is 12.0. The fraction of sp³-hybridized carbons (Fsp3) is 0.0667. The fourth-order valence-corrected chi connectivity index (χ4v) is 1.78. The van der Waals surface area contributed by atoms with Gasteiger partial charge in [-0.05, 0) is 42.0 Å². The summed E-state index contributed by atoms with van der Waals surface area (Å²) in [6.45, 7) is 0. The number of carbonyl (C=O) groups excluding carboxylic acids is 2. The lowest BCUT2D eigenvalue weighted by atomic mass is 10.1. The van der Waals surface area contributed by atoms with Gasteiger partial charge in [-0.2, -0.15) is 0 Å². The van der Waals surface area contributed by atoms with Gasteiger partial charge in [-0.25, -0.2) is 5.84 Å². The van der Waals surface area contributed by atoms with Crippen LogP contribution in [0, 0.1) is 0 Å². The van der Waals surface area contributed by atoms with Gasteiger partial charge in [0.05, 0.1) is 6.42 Å². The summed E-state index contributed by atoms with van der Waals surface area (Å²) in [6.07, 6.45) is 0.197. The molecular formula is C15H16N4O2. The van der Waals surface area contributed by atoms with Gasteiger partial charge >= 0.3 is 0 Å². The van der Waals surface area contributed by atoms with Crippen LogP contribution < -0.4 is 22.3 Å². The smallest absolute Gasteiger partial charge is 0.255 e. The largest absolute Gasteiger partial charge is 0.399 e. The number of nitrogens with one attached hydrogen (secondary N) is 2. The number of nitrogens with two attached hydrogens (primary N) is 2. The van der Waals surface area contributed by atoms with Crippen molar-refractivity contribution in [2.24, 2.45) is 5.84 Å². The zero-order valence-corrected chi connectivity index (χ0v) is 11.3.